The lowest BCUT2D eigenvalue weighted by molar-refractivity contribution is -0.149. The summed E-state index contributed by atoms with van der Waals surface area (Å²) in [7, 11) is 0. The Morgan fingerprint density at radius 2 is 1.95 bits per heavy atom. The van der Waals surface area contributed by atoms with E-state index in [0.29, 0.717) is 12.5 Å². The standard InChI is InChI=1S/C16H20N2O2S/c1-11-16(20)18(14(12-7-8-12)15(19)17-11)9-10-21-13-5-3-2-4-6-13/h2-6,11-12,14H,7-10H2,1H3,(H,17,19). The van der Waals surface area contributed by atoms with E-state index in [-0.39, 0.29) is 17.9 Å². The van der Waals surface area contributed by atoms with Gasteiger partial charge in [-0.3, -0.25) is 9.59 Å². The quantitative estimate of drug-likeness (QED) is 0.845. The van der Waals surface area contributed by atoms with Crippen LogP contribution in [0.4, 0.5) is 0 Å². The number of thioether (sulfide) groups is 1. The number of amides is 2. The Bertz CT molecular complexity index is 530. The third-order valence-electron chi connectivity index (χ3n) is 4.03. The van der Waals surface area contributed by atoms with Gasteiger partial charge in [-0.25, -0.2) is 0 Å². The maximum Gasteiger partial charge on any atom is 0.245 e. The summed E-state index contributed by atoms with van der Waals surface area (Å²) in [6.07, 6.45) is 2.12. The van der Waals surface area contributed by atoms with Gasteiger partial charge < -0.3 is 10.2 Å². The molecule has 0 spiro atoms. The van der Waals surface area contributed by atoms with Crippen LogP contribution in [0.2, 0.25) is 0 Å². The third-order valence-corrected chi connectivity index (χ3v) is 5.02. The molecule has 3 rings (SSSR count). The highest BCUT2D eigenvalue weighted by Crippen LogP contribution is 2.37. The summed E-state index contributed by atoms with van der Waals surface area (Å²) in [6, 6.07) is 9.51. The van der Waals surface area contributed by atoms with Crippen molar-refractivity contribution in [2.75, 3.05) is 12.3 Å². The number of piperazine rings is 1. The van der Waals surface area contributed by atoms with Crippen LogP contribution in [0.15, 0.2) is 35.2 Å². The number of rotatable bonds is 5. The summed E-state index contributed by atoms with van der Waals surface area (Å²) in [4.78, 5) is 27.5. The first-order valence-corrected chi connectivity index (χ1v) is 8.44. The van der Waals surface area contributed by atoms with Gasteiger partial charge >= 0.3 is 0 Å². The molecule has 1 saturated heterocycles. The first-order valence-electron chi connectivity index (χ1n) is 7.45. The van der Waals surface area contributed by atoms with Crippen LogP contribution in [-0.2, 0) is 9.59 Å². The normalized spacial score (nSPS) is 25.9. The molecule has 2 unspecified atom stereocenters. The Morgan fingerprint density at radius 1 is 1.24 bits per heavy atom. The Balaban J connectivity index is 1.63. The number of benzene rings is 1. The van der Waals surface area contributed by atoms with Crippen molar-refractivity contribution in [1.82, 2.24) is 10.2 Å². The molecule has 4 nitrogen and oxygen atoms in total. The largest absolute Gasteiger partial charge is 0.343 e. The van der Waals surface area contributed by atoms with Gasteiger partial charge in [-0.15, -0.1) is 11.8 Å². The molecule has 2 aliphatic rings. The van der Waals surface area contributed by atoms with Gasteiger partial charge in [-0.1, -0.05) is 18.2 Å². The molecule has 2 fully saturated rings. The third kappa shape index (κ3) is 3.23. The second-order valence-electron chi connectivity index (χ2n) is 5.71. The number of hydrogen-bond donors (Lipinski definition) is 1. The van der Waals surface area contributed by atoms with Gasteiger partial charge in [-0.2, -0.15) is 0 Å². The van der Waals surface area contributed by atoms with Gasteiger partial charge in [0.25, 0.3) is 0 Å². The van der Waals surface area contributed by atoms with Gasteiger partial charge in [0.1, 0.15) is 12.1 Å². The summed E-state index contributed by atoms with van der Waals surface area (Å²) in [5.41, 5.74) is 0. The maximum atomic E-state index is 12.4. The molecule has 1 aromatic carbocycles. The highest BCUT2D eigenvalue weighted by atomic mass is 32.2. The predicted octanol–water partition coefficient (Wildman–Crippen LogP) is 1.90. The van der Waals surface area contributed by atoms with Crippen molar-refractivity contribution >= 4 is 23.6 Å². The van der Waals surface area contributed by atoms with Gasteiger partial charge in [0.05, 0.1) is 0 Å². The average Bonchev–Trinajstić information content (AvgIpc) is 3.30. The Morgan fingerprint density at radius 3 is 2.62 bits per heavy atom. The minimum absolute atomic E-state index is 0.0225. The number of carbonyl (C=O) groups excluding carboxylic acids is 2. The number of nitrogens with zero attached hydrogens (tertiary/aromatic N) is 1. The zero-order valence-electron chi connectivity index (χ0n) is 12.1. The van der Waals surface area contributed by atoms with Crippen LogP contribution in [-0.4, -0.2) is 41.1 Å². The van der Waals surface area contributed by atoms with E-state index in [4.69, 9.17) is 0 Å². The van der Waals surface area contributed by atoms with Crippen molar-refractivity contribution in [1.29, 1.82) is 0 Å². The second-order valence-corrected chi connectivity index (χ2v) is 6.87. The smallest absolute Gasteiger partial charge is 0.245 e. The van der Waals surface area contributed by atoms with Crippen molar-refractivity contribution in [2.24, 2.45) is 5.92 Å². The molecule has 1 N–H and O–H groups in total. The fourth-order valence-corrected chi connectivity index (χ4v) is 3.67. The van der Waals surface area contributed by atoms with Crippen molar-refractivity contribution < 1.29 is 9.59 Å². The summed E-state index contributed by atoms with van der Waals surface area (Å²) >= 11 is 1.73. The van der Waals surface area contributed by atoms with Gasteiger partial charge in [0.15, 0.2) is 0 Å². The highest BCUT2D eigenvalue weighted by Gasteiger charge is 2.46. The monoisotopic (exact) mass is 304 g/mol. The molecule has 1 heterocycles. The van der Waals surface area contributed by atoms with Crippen LogP contribution in [0.1, 0.15) is 19.8 Å². The molecule has 5 heteroatoms. The van der Waals surface area contributed by atoms with E-state index in [1.54, 1.807) is 23.6 Å². The lowest BCUT2D eigenvalue weighted by Gasteiger charge is -2.38. The van der Waals surface area contributed by atoms with E-state index in [0.717, 1.165) is 18.6 Å². The van der Waals surface area contributed by atoms with E-state index >= 15 is 0 Å². The molecule has 0 aromatic heterocycles. The van der Waals surface area contributed by atoms with Crippen molar-refractivity contribution in [2.45, 2.75) is 36.7 Å². The number of carbonyl (C=O) groups is 2. The fraction of sp³-hybridized carbons (Fsp3) is 0.500. The first kappa shape index (κ1) is 14.4. The Labute approximate surface area is 129 Å². The van der Waals surface area contributed by atoms with Crippen molar-refractivity contribution in [3.05, 3.63) is 30.3 Å². The minimum Gasteiger partial charge on any atom is -0.343 e. The number of nitrogens with one attached hydrogen (secondary N) is 1. The second kappa shape index (κ2) is 6.10. The van der Waals surface area contributed by atoms with Crippen LogP contribution < -0.4 is 5.32 Å². The van der Waals surface area contributed by atoms with Gasteiger partial charge in [0.2, 0.25) is 11.8 Å². The lowest BCUT2D eigenvalue weighted by atomic mass is 10.0. The van der Waals surface area contributed by atoms with E-state index in [9.17, 15) is 9.59 Å². The first-order chi connectivity index (χ1) is 10.2. The van der Waals surface area contributed by atoms with Crippen LogP contribution >= 0.6 is 11.8 Å². The zero-order chi connectivity index (χ0) is 14.8. The molecular formula is C16H20N2O2S. The molecule has 112 valence electrons. The molecular weight excluding hydrogens is 284 g/mol. The van der Waals surface area contributed by atoms with Crippen LogP contribution in [0.3, 0.4) is 0 Å². The van der Waals surface area contributed by atoms with E-state index < -0.39 is 6.04 Å². The molecule has 1 aliphatic heterocycles. The Hall–Kier alpha value is -1.49. The molecule has 1 aliphatic carbocycles. The predicted molar refractivity (Wildman–Crippen MR) is 83.0 cm³/mol. The molecule has 2 amide bonds. The lowest BCUT2D eigenvalue weighted by Crippen LogP contribution is -2.63. The average molecular weight is 304 g/mol. The van der Waals surface area contributed by atoms with Crippen molar-refractivity contribution in [3.63, 3.8) is 0 Å². The fourth-order valence-electron chi connectivity index (χ4n) is 2.80. The van der Waals surface area contributed by atoms with E-state index in [2.05, 4.69) is 17.4 Å². The maximum absolute atomic E-state index is 12.4. The molecule has 21 heavy (non-hydrogen) atoms. The van der Waals surface area contributed by atoms with Crippen LogP contribution in [0.25, 0.3) is 0 Å². The topological polar surface area (TPSA) is 49.4 Å². The van der Waals surface area contributed by atoms with Crippen LogP contribution in [0.5, 0.6) is 0 Å². The summed E-state index contributed by atoms with van der Waals surface area (Å²) < 4.78 is 0. The SMILES string of the molecule is CC1NC(=O)C(C2CC2)N(CCSc2ccccc2)C1=O. The summed E-state index contributed by atoms with van der Waals surface area (Å²) in [6.45, 7) is 2.40. The van der Waals surface area contributed by atoms with Crippen molar-refractivity contribution in [3.8, 4) is 0 Å². The molecule has 0 bridgehead atoms. The molecule has 1 aromatic rings. The van der Waals surface area contributed by atoms with E-state index in [1.165, 1.54) is 4.90 Å². The summed E-state index contributed by atoms with van der Waals surface area (Å²) in [5, 5.41) is 2.80. The highest BCUT2D eigenvalue weighted by molar-refractivity contribution is 7.99. The molecule has 2 atom stereocenters. The zero-order valence-corrected chi connectivity index (χ0v) is 12.9. The van der Waals surface area contributed by atoms with Gasteiger partial charge in [0, 0.05) is 17.2 Å². The Kier molecular flexibility index (Phi) is 4.19. The van der Waals surface area contributed by atoms with Gasteiger partial charge in [-0.05, 0) is 37.8 Å². The minimum atomic E-state index is -0.394. The molecule has 0 radical (unpaired) electrons. The van der Waals surface area contributed by atoms with E-state index in [1.807, 2.05) is 18.2 Å². The van der Waals surface area contributed by atoms with Crippen LogP contribution in [0, 0.1) is 5.92 Å². The summed E-state index contributed by atoms with van der Waals surface area (Å²) in [5.74, 6) is 1.26. The number of hydrogen-bond acceptors (Lipinski definition) is 3. The molecule has 1 saturated carbocycles.